The van der Waals surface area contributed by atoms with E-state index in [1.54, 1.807) is 27.7 Å². The van der Waals surface area contributed by atoms with E-state index in [0.29, 0.717) is 29.7 Å². The molecule has 0 spiro atoms. The highest BCUT2D eigenvalue weighted by atomic mass is 127. The SMILES string of the molecule is CCNC(=NCC(C)(C)NS(C)(=O)=O)NC(C)c1nc(C)c(C(=O)OCC)s1.I. The van der Waals surface area contributed by atoms with Crippen LogP contribution in [0.15, 0.2) is 4.99 Å². The number of guanidine groups is 1. The summed E-state index contributed by atoms with van der Waals surface area (Å²) in [6, 6.07) is -0.198. The van der Waals surface area contributed by atoms with Crippen LogP contribution in [0.5, 0.6) is 0 Å². The molecule has 3 N–H and O–H groups in total. The minimum atomic E-state index is -3.34. The minimum Gasteiger partial charge on any atom is -0.462 e. The van der Waals surface area contributed by atoms with Crippen molar-refractivity contribution in [2.24, 2.45) is 4.99 Å². The molecule has 29 heavy (non-hydrogen) atoms. The fourth-order valence-electron chi connectivity index (χ4n) is 2.39. The second-order valence-corrected chi connectivity index (χ2v) is 9.79. The Kier molecular flexibility index (Phi) is 11.6. The van der Waals surface area contributed by atoms with E-state index >= 15 is 0 Å². The molecule has 0 aliphatic heterocycles. The summed E-state index contributed by atoms with van der Waals surface area (Å²) in [4.78, 5) is 21.4. The summed E-state index contributed by atoms with van der Waals surface area (Å²) in [7, 11) is -3.34. The number of hydrogen-bond acceptors (Lipinski definition) is 7. The summed E-state index contributed by atoms with van der Waals surface area (Å²) < 4.78 is 30.6. The van der Waals surface area contributed by atoms with E-state index in [-0.39, 0.29) is 42.5 Å². The Labute approximate surface area is 194 Å². The van der Waals surface area contributed by atoms with Crippen molar-refractivity contribution in [1.29, 1.82) is 0 Å². The van der Waals surface area contributed by atoms with Crippen LogP contribution in [0.25, 0.3) is 0 Å². The molecule has 0 saturated carbocycles. The average Bonchev–Trinajstić information content (AvgIpc) is 2.93. The Hall–Kier alpha value is -0.990. The van der Waals surface area contributed by atoms with Gasteiger partial charge in [-0.15, -0.1) is 35.3 Å². The summed E-state index contributed by atoms with van der Waals surface area (Å²) in [5.41, 5.74) is -0.0962. The third-order valence-corrected chi connectivity index (χ3v) is 5.68. The number of aliphatic imine (C=N–C) groups is 1. The molecule has 0 aliphatic rings. The monoisotopic (exact) mass is 561 g/mol. The summed E-state index contributed by atoms with van der Waals surface area (Å²) in [5.74, 6) is 0.161. The second-order valence-electron chi connectivity index (χ2n) is 7.01. The van der Waals surface area contributed by atoms with E-state index < -0.39 is 15.6 Å². The van der Waals surface area contributed by atoms with E-state index in [4.69, 9.17) is 4.74 Å². The lowest BCUT2D eigenvalue weighted by molar-refractivity contribution is 0.0531. The van der Waals surface area contributed by atoms with Gasteiger partial charge in [-0.25, -0.2) is 22.9 Å². The zero-order valence-corrected chi connectivity index (χ0v) is 21.9. The molecule has 0 radical (unpaired) electrons. The molecule has 9 nitrogen and oxygen atoms in total. The van der Waals surface area contributed by atoms with Crippen LogP contribution in [-0.2, 0) is 14.8 Å². The molecule has 0 bridgehead atoms. The van der Waals surface area contributed by atoms with Crippen molar-refractivity contribution in [2.75, 3.05) is 26.0 Å². The number of carbonyl (C=O) groups excluding carboxylic acids is 1. The number of nitrogens with zero attached hydrogens (tertiary/aromatic N) is 2. The van der Waals surface area contributed by atoms with Gasteiger partial charge < -0.3 is 15.4 Å². The maximum atomic E-state index is 12.0. The molecule has 1 aromatic heterocycles. The van der Waals surface area contributed by atoms with Gasteiger partial charge in [0.1, 0.15) is 9.88 Å². The van der Waals surface area contributed by atoms with Crippen LogP contribution in [0.1, 0.15) is 61.0 Å². The van der Waals surface area contributed by atoms with Crippen LogP contribution in [0.2, 0.25) is 0 Å². The molecule has 1 heterocycles. The fourth-order valence-corrected chi connectivity index (χ4v) is 4.42. The molecule has 0 fully saturated rings. The molecule has 1 aromatic rings. The molecule has 1 unspecified atom stereocenters. The highest BCUT2D eigenvalue weighted by molar-refractivity contribution is 14.0. The molecule has 1 rings (SSSR count). The Morgan fingerprint density at radius 2 is 1.97 bits per heavy atom. The number of nitrogens with one attached hydrogen (secondary N) is 3. The summed E-state index contributed by atoms with van der Waals surface area (Å²) in [6.45, 7) is 12.1. The first-order valence-electron chi connectivity index (χ1n) is 9.06. The molecular formula is C17H32IN5O4S2. The standard InChI is InChI=1S/C17H31N5O4S2.HI/c1-8-18-16(19-10-17(5,6)22-28(7,24)25)21-12(4)14-20-11(3)13(27-14)15(23)26-9-2;/h12,22H,8-10H2,1-7H3,(H2,18,19,21);1H. The summed E-state index contributed by atoms with van der Waals surface area (Å²) in [5, 5.41) is 7.10. The quantitative estimate of drug-likeness (QED) is 0.183. The van der Waals surface area contributed by atoms with Gasteiger partial charge in [-0.05, 0) is 41.5 Å². The van der Waals surface area contributed by atoms with E-state index in [2.05, 4.69) is 25.3 Å². The highest BCUT2D eigenvalue weighted by Crippen LogP contribution is 2.24. The van der Waals surface area contributed by atoms with Crippen LogP contribution in [0.3, 0.4) is 0 Å². The maximum Gasteiger partial charge on any atom is 0.350 e. The third kappa shape index (κ3) is 10.0. The lowest BCUT2D eigenvalue weighted by Gasteiger charge is -2.24. The Morgan fingerprint density at radius 3 is 2.48 bits per heavy atom. The fraction of sp³-hybridized carbons (Fsp3) is 0.706. The zero-order chi connectivity index (χ0) is 21.5. The van der Waals surface area contributed by atoms with Gasteiger partial charge in [-0.1, -0.05) is 0 Å². The van der Waals surface area contributed by atoms with E-state index in [0.717, 1.165) is 11.3 Å². The Bertz CT molecular complexity index is 809. The molecule has 168 valence electrons. The van der Waals surface area contributed by atoms with Gasteiger partial charge >= 0.3 is 5.97 Å². The van der Waals surface area contributed by atoms with Crippen molar-refractivity contribution >= 4 is 57.3 Å². The number of ether oxygens (including phenoxy) is 1. The van der Waals surface area contributed by atoms with Crippen molar-refractivity contribution in [1.82, 2.24) is 20.3 Å². The number of hydrogen-bond donors (Lipinski definition) is 3. The number of carbonyl (C=O) groups is 1. The van der Waals surface area contributed by atoms with Crippen LogP contribution in [0, 0.1) is 6.92 Å². The minimum absolute atomic E-state index is 0. The first-order valence-corrected chi connectivity index (χ1v) is 11.8. The number of esters is 1. The third-order valence-electron chi connectivity index (χ3n) is 3.44. The predicted octanol–water partition coefficient (Wildman–Crippen LogP) is 2.19. The van der Waals surface area contributed by atoms with Crippen LogP contribution < -0.4 is 15.4 Å². The van der Waals surface area contributed by atoms with Gasteiger partial charge in [0, 0.05) is 12.1 Å². The number of sulfonamides is 1. The number of halogens is 1. The van der Waals surface area contributed by atoms with Gasteiger partial charge in [0.05, 0.1) is 31.1 Å². The first-order chi connectivity index (χ1) is 12.9. The van der Waals surface area contributed by atoms with Gasteiger partial charge in [0.25, 0.3) is 0 Å². The smallest absolute Gasteiger partial charge is 0.350 e. The second kappa shape index (κ2) is 12.0. The number of thiazole rings is 1. The van der Waals surface area contributed by atoms with Crippen molar-refractivity contribution in [3.63, 3.8) is 0 Å². The van der Waals surface area contributed by atoms with Crippen LogP contribution in [0.4, 0.5) is 0 Å². The number of rotatable bonds is 9. The van der Waals surface area contributed by atoms with Crippen LogP contribution >= 0.6 is 35.3 Å². The Balaban J connectivity index is 0.00000784. The maximum absolute atomic E-state index is 12.0. The highest BCUT2D eigenvalue weighted by Gasteiger charge is 2.23. The lowest BCUT2D eigenvalue weighted by atomic mass is 10.1. The topological polar surface area (TPSA) is 122 Å². The zero-order valence-electron chi connectivity index (χ0n) is 18.0. The molecule has 12 heteroatoms. The van der Waals surface area contributed by atoms with Crippen molar-refractivity contribution < 1.29 is 17.9 Å². The Morgan fingerprint density at radius 1 is 1.34 bits per heavy atom. The van der Waals surface area contributed by atoms with Crippen molar-refractivity contribution in [3.05, 3.63) is 15.6 Å². The van der Waals surface area contributed by atoms with Gasteiger partial charge in [0.2, 0.25) is 10.0 Å². The van der Waals surface area contributed by atoms with E-state index in [1.165, 1.54) is 11.3 Å². The van der Waals surface area contributed by atoms with Crippen LogP contribution in [-0.4, -0.2) is 56.8 Å². The molecular weight excluding hydrogens is 529 g/mol. The average molecular weight is 562 g/mol. The summed E-state index contributed by atoms with van der Waals surface area (Å²) >= 11 is 1.28. The molecule has 1 atom stereocenters. The van der Waals surface area contributed by atoms with Crippen molar-refractivity contribution in [3.8, 4) is 0 Å². The summed E-state index contributed by atoms with van der Waals surface area (Å²) in [6.07, 6.45) is 1.12. The lowest BCUT2D eigenvalue weighted by Crippen LogP contribution is -2.47. The van der Waals surface area contributed by atoms with E-state index in [1.807, 2.05) is 13.8 Å². The normalized spacial score (nSPS) is 13.4. The molecule has 0 saturated heterocycles. The predicted molar refractivity (Wildman–Crippen MR) is 128 cm³/mol. The number of aryl methyl sites for hydroxylation is 1. The van der Waals surface area contributed by atoms with E-state index in [9.17, 15) is 13.2 Å². The molecule has 0 aromatic carbocycles. The van der Waals surface area contributed by atoms with Crippen molar-refractivity contribution in [2.45, 2.75) is 53.1 Å². The van der Waals surface area contributed by atoms with Gasteiger partial charge in [0.15, 0.2) is 5.96 Å². The molecule has 0 amide bonds. The first kappa shape index (κ1) is 28.0. The van der Waals surface area contributed by atoms with Gasteiger partial charge in [-0.3, -0.25) is 4.99 Å². The number of aromatic nitrogens is 1. The van der Waals surface area contributed by atoms with Gasteiger partial charge in [-0.2, -0.15) is 0 Å². The largest absolute Gasteiger partial charge is 0.462 e. The molecule has 0 aliphatic carbocycles.